The first-order valence-electron chi connectivity index (χ1n) is 5.74. The predicted octanol–water partition coefficient (Wildman–Crippen LogP) is 0.512. The number of benzene rings is 1. The van der Waals surface area contributed by atoms with Gasteiger partial charge in [0.25, 0.3) is 0 Å². The van der Waals surface area contributed by atoms with E-state index in [9.17, 15) is 23.6 Å². The smallest absolute Gasteiger partial charge is 0.312 e. The second-order valence-corrected chi connectivity index (χ2v) is 6.02. The molecule has 0 amide bonds. The Morgan fingerprint density at radius 1 is 1.48 bits per heavy atom. The lowest BCUT2D eigenvalue weighted by atomic mass is 10.3. The fourth-order valence-electron chi connectivity index (χ4n) is 1.64. The zero-order chi connectivity index (χ0) is 15.6. The highest BCUT2D eigenvalue weighted by atomic mass is 32.2. The van der Waals surface area contributed by atoms with Crippen LogP contribution in [-0.2, 0) is 23.6 Å². The van der Waals surface area contributed by atoms with Crippen molar-refractivity contribution < 1.29 is 18.4 Å². The van der Waals surface area contributed by atoms with Crippen LogP contribution >= 0.6 is 0 Å². The summed E-state index contributed by atoms with van der Waals surface area (Å²) in [6, 6.07) is 2.87. The number of aryl methyl sites for hydroxylation is 1. The molecule has 2 aromatic rings. The molecule has 0 bridgehead atoms. The summed E-state index contributed by atoms with van der Waals surface area (Å²) in [6.45, 7) is 0.00481. The number of nitro benzene ring substituents is 1. The highest BCUT2D eigenvalue weighted by molar-refractivity contribution is 7.89. The van der Waals surface area contributed by atoms with Crippen molar-refractivity contribution in [2.24, 2.45) is 7.05 Å². The van der Waals surface area contributed by atoms with Crippen molar-refractivity contribution in [3.8, 4) is 5.75 Å². The van der Waals surface area contributed by atoms with E-state index >= 15 is 0 Å². The van der Waals surface area contributed by atoms with Crippen LogP contribution in [0.25, 0.3) is 0 Å². The van der Waals surface area contributed by atoms with E-state index < -0.39 is 26.4 Å². The lowest BCUT2D eigenvalue weighted by molar-refractivity contribution is -0.386. The zero-order valence-electron chi connectivity index (χ0n) is 10.9. The van der Waals surface area contributed by atoms with Gasteiger partial charge in [0, 0.05) is 31.4 Å². The number of phenols is 1. The molecule has 9 nitrogen and oxygen atoms in total. The summed E-state index contributed by atoms with van der Waals surface area (Å²) in [4.78, 5) is 9.56. The zero-order valence-corrected chi connectivity index (χ0v) is 11.7. The second kappa shape index (κ2) is 5.50. The van der Waals surface area contributed by atoms with Crippen LogP contribution in [0.3, 0.4) is 0 Å². The Balaban J connectivity index is 2.23. The topological polar surface area (TPSA) is 127 Å². The molecule has 0 atom stereocenters. The average Bonchev–Trinajstić information content (AvgIpc) is 2.82. The quantitative estimate of drug-likeness (QED) is 0.611. The van der Waals surface area contributed by atoms with Gasteiger partial charge in [0.15, 0.2) is 5.75 Å². The van der Waals surface area contributed by atoms with Gasteiger partial charge in [0.2, 0.25) is 10.0 Å². The molecule has 0 radical (unpaired) electrons. The Morgan fingerprint density at radius 2 is 2.19 bits per heavy atom. The van der Waals surface area contributed by atoms with Crippen molar-refractivity contribution in [2.45, 2.75) is 11.4 Å². The first-order valence-corrected chi connectivity index (χ1v) is 7.22. The molecule has 1 aromatic heterocycles. The summed E-state index contributed by atoms with van der Waals surface area (Å²) in [6.07, 6.45) is 3.14. The van der Waals surface area contributed by atoms with E-state index in [0.717, 1.165) is 18.2 Å². The van der Waals surface area contributed by atoms with E-state index in [-0.39, 0.29) is 11.4 Å². The maximum absolute atomic E-state index is 12.1. The average molecular weight is 312 g/mol. The summed E-state index contributed by atoms with van der Waals surface area (Å²) in [7, 11) is -2.23. The van der Waals surface area contributed by atoms with Crippen molar-refractivity contribution >= 4 is 15.7 Å². The molecule has 21 heavy (non-hydrogen) atoms. The Hall–Kier alpha value is -2.46. The molecule has 1 aromatic carbocycles. The fraction of sp³-hybridized carbons (Fsp3) is 0.182. The van der Waals surface area contributed by atoms with E-state index in [1.165, 1.54) is 10.9 Å². The molecule has 10 heteroatoms. The summed E-state index contributed by atoms with van der Waals surface area (Å²) < 4.78 is 27.9. The number of hydrogen-bond donors (Lipinski definition) is 2. The normalized spacial score (nSPS) is 11.5. The minimum atomic E-state index is -3.92. The third kappa shape index (κ3) is 3.35. The van der Waals surface area contributed by atoms with Crippen LogP contribution in [0, 0.1) is 10.1 Å². The van der Waals surface area contributed by atoms with Gasteiger partial charge in [-0.2, -0.15) is 5.10 Å². The van der Waals surface area contributed by atoms with Gasteiger partial charge in [-0.25, -0.2) is 13.1 Å². The number of nitrogens with zero attached hydrogens (tertiary/aromatic N) is 3. The summed E-state index contributed by atoms with van der Waals surface area (Å²) >= 11 is 0. The highest BCUT2D eigenvalue weighted by Gasteiger charge is 2.21. The van der Waals surface area contributed by atoms with Crippen molar-refractivity contribution in [3.63, 3.8) is 0 Å². The van der Waals surface area contributed by atoms with Crippen molar-refractivity contribution in [2.75, 3.05) is 0 Å². The van der Waals surface area contributed by atoms with Gasteiger partial charge in [-0.05, 0) is 12.1 Å². The molecule has 0 spiro atoms. The molecular weight excluding hydrogens is 300 g/mol. The molecule has 2 N–H and O–H groups in total. The fourth-order valence-corrected chi connectivity index (χ4v) is 2.68. The van der Waals surface area contributed by atoms with Crippen LogP contribution in [0.1, 0.15) is 5.56 Å². The minimum Gasteiger partial charge on any atom is -0.502 e. The molecule has 0 saturated heterocycles. The number of rotatable bonds is 5. The molecule has 0 aliphatic heterocycles. The Labute approximate surface area is 120 Å². The largest absolute Gasteiger partial charge is 0.502 e. The third-order valence-corrected chi connectivity index (χ3v) is 4.08. The molecule has 0 aliphatic rings. The van der Waals surface area contributed by atoms with Gasteiger partial charge < -0.3 is 5.11 Å². The predicted molar refractivity (Wildman–Crippen MR) is 72.0 cm³/mol. The number of aromatic nitrogens is 2. The van der Waals surface area contributed by atoms with Gasteiger partial charge in [-0.15, -0.1) is 0 Å². The Kier molecular flexibility index (Phi) is 3.91. The van der Waals surface area contributed by atoms with Crippen LogP contribution in [0.2, 0.25) is 0 Å². The SMILES string of the molecule is Cn1cc(CNS(=O)(=O)c2ccc(O)c([N+](=O)[O-])c2)cn1. The third-order valence-electron chi connectivity index (χ3n) is 2.68. The Morgan fingerprint density at radius 3 is 2.76 bits per heavy atom. The molecule has 2 rings (SSSR count). The summed E-state index contributed by atoms with van der Waals surface area (Å²) in [5.41, 5.74) is -0.0198. The van der Waals surface area contributed by atoms with Gasteiger partial charge >= 0.3 is 5.69 Å². The van der Waals surface area contributed by atoms with Crippen molar-refractivity contribution in [1.29, 1.82) is 0 Å². The number of hydrogen-bond acceptors (Lipinski definition) is 6. The monoisotopic (exact) mass is 312 g/mol. The van der Waals surface area contributed by atoms with Gasteiger partial charge in [-0.1, -0.05) is 0 Å². The standard InChI is InChI=1S/C11H12N4O5S/c1-14-7-8(5-12-14)6-13-21(19,20)9-2-3-11(16)10(4-9)15(17)18/h2-5,7,13,16H,6H2,1H3. The van der Waals surface area contributed by atoms with Crippen LogP contribution in [0.4, 0.5) is 5.69 Å². The Bertz CT molecular complexity index is 784. The molecule has 0 unspecified atom stereocenters. The molecule has 0 fully saturated rings. The van der Waals surface area contributed by atoms with E-state index in [0.29, 0.717) is 5.56 Å². The molecule has 1 heterocycles. The van der Waals surface area contributed by atoms with E-state index in [1.54, 1.807) is 13.2 Å². The number of aromatic hydroxyl groups is 1. The van der Waals surface area contributed by atoms with Gasteiger partial charge in [-0.3, -0.25) is 14.8 Å². The number of phenolic OH excluding ortho intramolecular Hbond substituents is 1. The maximum atomic E-state index is 12.1. The van der Waals surface area contributed by atoms with Crippen molar-refractivity contribution in [3.05, 3.63) is 46.3 Å². The lowest BCUT2D eigenvalue weighted by Gasteiger charge is -2.06. The summed E-state index contributed by atoms with van der Waals surface area (Å²) in [5.74, 6) is -0.591. The van der Waals surface area contributed by atoms with Crippen molar-refractivity contribution in [1.82, 2.24) is 14.5 Å². The molecule has 112 valence electrons. The molecule has 0 saturated carbocycles. The van der Waals surface area contributed by atoms with E-state index in [1.807, 2.05) is 0 Å². The first kappa shape index (κ1) is 14.9. The second-order valence-electron chi connectivity index (χ2n) is 4.25. The van der Waals surface area contributed by atoms with Crippen LogP contribution < -0.4 is 4.72 Å². The molecule has 0 aliphatic carbocycles. The van der Waals surface area contributed by atoms with Crippen LogP contribution in [0.5, 0.6) is 5.75 Å². The highest BCUT2D eigenvalue weighted by Crippen LogP contribution is 2.28. The lowest BCUT2D eigenvalue weighted by Crippen LogP contribution is -2.23. The van der Waals surface area contributed by atoms with Crippen LogP contribution in [0.15, 0.2) is 35.5 Å². The number of nitro groups is 1. The number of nitrogens with one attached hydrogen (secondary N) is 1. The minimum absolute atomic E-state index is 0.00481. The van der Waals surface area contributed by atoms with E-state index in [2.05, 4.69) is 9.82 Å². The first-order chi connectivity index (χ1) is 9.79. The van der Waals surface area contributed by atoms with Crippen LogP contribution in [-0.4, -0.2) is 28.2 Å². The van der Waals surface area contributed by atoms with Gasteiger partial charge in [0.05, 0.1) is 16.0 Å². The maximum Gasteiger partial charge on any atom is 0.312 e. The molecular formula is C11H12N4O5S. The van der Waals surface area contributed by atoms with E-state index in [4.69, 9.17) is 0 Å². The summed E-state index contributed by atoms with van der Waals surface area (Å²) in [5, 5.41) is 23.9. The number of sulfonamides is 1. The van der Waals surface area contributed by atoms with Gasteiger partial charge in [0.1, 0.15) is 0 Å².